The second kappa shape index (κ2) is 3.34. The average Bonchev–Trinajstić information content (AvgIpc) is 2.35. The van der Waals surface area contributed by atoms with Gasteiger partial charge in [-0.25, -0.2) is 0 Å². The Hall–Kier alpha value is -1.36. The first-order valence-corrected chi connectivity index (χ1v) is 5.05. The summed E-state index contributed by atoms with van der Waals surface area (Å²) in [4.78, 5) is 13.8. The maximum absolute atomic E-state index is 12.0. The summed E-state index contributed by atoms with van der Waals surface area (Å²) in [7, 11) is 1.85. The van der Waals surface area contributed by atoms with Gasteiger partial charge in [0, 0.05) is 31.9 Å². The van der Waals surface area contributed by atoms with Crippen molar-refractivity contribution in [3.05, 3.63) is 17.0 Å². The monoisotopic (exact) mass is 208 g/mol. The summed E-state index contributed by atoms with van der Waals surface area (Å²) in [5.74, 6) is 0.0554. The van der Waals surface area contributed by atoms with E-state index in [4.69, 9.17) is 5.73 Å². The molecule has 1 aromatic heterocycles. The summed E-state index contributed by atoms with van der Waals surface area (Å²) in [6.45, 7) is 5.09. The highest BCUT2D eigenvalue weighted by molar-refractivity contribution is 5.97. The molecule has 0 atom stereocenters. The quantitative estimate of drug-likeness (QED) is 0.696. The van der Waals surface area contributed by atoms with E-state index in [0.29, 0.717) is 13.1 Å². The zero-order valence-electron chi connectivity index (χ0n) is 9.32. The molecule has 1 fully saturated rings. The minimum atomic E-state index is 0.0554. The fourth-order valence-corrected chi connectivity index (χ4v) is 1.92. The Balaban J connectivity index is 2.26. The lowest BCUT2D eigenvalue weighted by atomic mass is 10.1. The van der Waals surface area contributed by atoms with Crippen LogP contribution in [0.25, 0.3) is 0 Å². The molecule has 5 heteroatoms. The molecule has 2 heterocycles. The normalized spacial score (nSPS) is 16.7. The Morgan fingerprint density at radius 1 is 1.47 bits per heavy atom. The summed E-state index contributed by atoms with van der Waals surface area (Å²) >= 11 is 0. The van der Waals surface area contributed by atoms with Gasteiger partial charge in [0.25, 0.3) is 5.91 Å². The largest absolute Gasteiger partial charge is 0.335 e. The molecular formula is C10H16N4O. The van der Waals surface area contributed by atoms with Crippen LogP contribution in [0.1, 0.15) is 21.7 Å². The topological polar surface area (TPSA) is 64.2 Å². The molecule has 82 valence electrons. The second-order valence-corrected chi connectivity index (χ2v) is 4.14. The molecular weight excluding hydrogens is 192 g/mol. The van der Waals surface area contributed by atoms with Crippen LogP contribution in [-0.4, -0.2) is 39.7 Å². The van der Waals surface area contributed by atoms with Gasteiger partial charge in [-0.3, -0.25) is 9.48 Å². The zero-order chi connectivity index (χ0) is 11.2. The van der Waals surface area contributed by atoms with Crippen molar-refractivity contribution in [2.24, 2.45) is 12.8 Å². The maximum Gasteiger partial charge on any atom is 0.257 e. The number of hydrogen-bond donors (Lipinski definition) is 1. The number of likely N-dealkylation sites (tertiary alicyclic amines) is 1. The van der Waals surface area contributed by atoms with Crippen LogP contribution in [0.2, 0.25) is 0 Å². The first-order valence-electron chi connectivity index (χ1n) is 5.05. The number of aryl methyl sites for hydroxylation is 2. The van der Waals surface area contributed by atoms with Crippen LogP contribution in [0.15, 0.2) is 0 Å². The van der Waals surface area contributed by atoms with Gasteiger partial charge in [-0.05, 0) is 13.8 Å². The Morgan fingerprint density at radius 3 is 2.47 bits per heavy atom. The molecule has 0 unspecified atom stereocenters. The van der Waals surface area contributed by atoms with E-state index in [9.17, 15) is 4.79 Å². The predicted molar refractivity (Wildman–Crippen MR) is 56.6 cm³/mol. The van der Waals surface area contributed by atoms with Crippen molar-refractivity contribution in [1.29, 1.82) is 0 Å². The average molecular weight is 208 g/mol. The molecule has 0 aliphatic carbocycles. The van der Waals surface area contributed by atoms with E-state index in [1.54, 1.807) is 9.58 Å². The number of carbonyl (C=O) groups excluding carboxylic acids is 1. The number of carbonyl (C=O) groups is 1. The number of hydrogen-bond acceptors (Lipinski definition) is 3. The van der Waals surface area contributed by atoms with Crippen molar-refractivity contribution in [2.75, 3.05) is 13.1 Å². The lowest BCUT2D eigenvalue weighted by Crippen LogP contribution is -2.57. The number of aromatic nitrogens is 2. The van der Waals surface area contributed by atoms with Gasteiger partial charge in [0.1, 0.15) is 0 Å². The third kappa shape index (κ3) is 1.52. The van der Waals surface area contributed by atoms with Crippen LogP contribution in [-0.2, 0) is 7.05 Å². The molecule has 0 bridgehead atoms. The smallest absolute Gasteiger partial charge is 0.257 e. The highest BCUT2D eigenvalue weighted by Crippen LogP contribution is 2.17. The fourth-order valence-electron chi connectivity index (χ4n) is 1.92. The molecule has 2 N–H and O–H groups in total. The van der Waals surface area contributed by atoms with Crippen molar-refractivity contribution in [2.45, 2.75) is 19.9 Å². The van der Waals surface area contributed by atoms with E-state index in [-0.39, 0.29) is 11.9 Å². The number of nitrogens with zero attached hydrogens (tertiary/aromatic N) is 3. The van der Waals surface area contributed by atoms with Gasteiger partial charge in [-0.1, -0.05) is 0 Å². The molecule has 1 amide bonds. The van der Waals surface area contributed by atoms with E-state index in [0.717, 1.165) is 17.0 Å². The van der Waals surface area contributed by atoms with Gasteiger partial charge in [-0.15, -0.1) is 0 Å². The molecule has 5 nitrogen and oxygen atoms in total. The van der Waals surface area contributed by atoms with Gasteiger partial charge in [0.2, 0.25) is 0 Å². The molecule has 2 rings (SSSR count). The van der Waals surface area contributed by atoms with E-state index in [2.05, 4.69) is 5.10 Å². The van der Waals surface area contributed by atoms with Gasteiger partial charge < -0.3 is 10.6 Å². The molecule has 1 aromatic rings. The summed E-state index contributed by atoms with van der Waals surface area (Å²) in [5.41, 5.74) is 8.08. The Kier molecular flexibility index (Phi) is 2.26. The van der Waals surface area contributed by atoms with E-state index in [1.165, 1.54) is 0 Å². The van der Waals surface area contributed by atoms with Crippen LogP contribution < -0.4 is 5.73 Å². The summed E-state index contributed by atoms with van der Waals surface area (Å²) in [6.07, 6.45) is 0. The lowest BCUT2D eigenvalue weighted by molar-refractivity contribution is 0.0606. The fraction of sp³-hybridized carbons (Fsp3) is 0.600. The van der Waals surface area contributed by atoms with Crippen molar-refractivity contribution in [1.82, 2.24) is 14.7 Å². The summed E-state index contributed by atoms with van der Waals surface area (Å²) < 4.78 is 1.74. The molecule has 0 spiro atoms. The SMILES string of the molecule is Cc1nn(C)c(C)c1C(=O)N1CC(N)C1. The molecule has 1 aliphatic rings. The minimum absolute atomic E-state index is 0.0554. The molecule has 0 saturated carbocycles. The summed E-state index contributed by atoms with van der Waals surface area (Å²) in [5, 5.41) is 4.23. The third-order valence-corrected chi connectivity index (χ3v) is 2.92. The van der Waals surface area contributed by atoms with E-state index >= 15 is 0 Å². The van der Waals surface area contributed by atoms with Gasteiger partial charge >= 0.3 is 0 Å². The molecule has 15 heavy (non-hydrogen) atoms. The predicted octanol–water partition coefficient (Wildman–Crippen LogP) is -0.180. The summed E-state index contributed by atoms with van der Waals surface area (Å²) in [6, 6.07) is 0.145. The first kappa shape index (κ1) is 10.2. The highest BCUT2D eigenvalue weighted by Gasteiger charge is 2.31. The molecule has 0 aromatic carbocycles. The Bertz CT molecular complexity index is 404. The number of nitrogens with two attached hydrogens (primary N) is 1. The van der Waals surface area contributed by atoms with Gasteiger partial charge in [0.05, 0.1) is 11.3 Å². The lowest BCUT2D eigenvalue weighted by Gasteiger charge is -2.36. The highest BCUT2D eigenvalue weighted by atomic mass is 16.2. The van der Waals surface area contributed by atoms with Crippen LogP contribution in [0.4, 0.5) is 0 Å². The second-order valence-electron chi connectivity index (χ2n) is 4.14. The van der Waals surface area contributed by atoms with Crippen molar-refractivity contribution < 1.29 is 4.79 Å². The Morgan fingerprint density at radius 2 is 2.07 bits per heavy atom. The van der Waals surface area contributed by atoms with Crippen LogP contribution in [0.5, 0.6) is 0 Å². The van der Waals surface area contributed by atoms with E-state index < -0.39 is 0 Å². The van der Waals surface area contributed by atoms with E-state index in [1.807, 2.05) is 20.9 Å². The standard InChI is InChI=1S/C10H16N4O/c1-6-9(7(2)13(3)12-6)10(15)14-4-8(11)5-14/h8H,4-5,11H2,1-3H3. The molecule has 1 aliphatic heterocycles. The maximum atomic E-state index is 12.0. The first-order chi connectivity index (χ1) is 7.00. The van der Waals surface area contributed by atoms with Crippen molar-refractivity contribution >= 4 is 5.91 Å². The number of rotatable bonds is 1. The zero-order valence-corrected chi connectivity index (χ0v) is 9.32. The Labute approximate surface area is 88.8 Å². The van der Waals surface area contributed by atoms with Crippen LogP contribution >= 0.6 is 0 Å². The third-order valence-electron chi connectivity index (χ3n) is 2.92. The van der Waals surface area contributed by atoms with Gasteiger partial charge in [0.15, 0.2) is 0 Å². The number of amides is 1. The van der Waals surface area contributed by atoms with Crippen LogP contribution in [0.3, 0.4) is 0 Å². The molecule has 0 radical (unpaired) electrons. The minimum Gasteiger partial charge on any atom is -0.335 e. The van der Waals surface area contributed by atoms with Crippen LogP contribution in [0, 0.1) is 13.8 Å². The van der Waals surface area contributed by atoms with Crippen molar-refractivity contribution in [3.63, 3.8) is 0 Å². The van der Waals surface area contributed by atoms with Crippen molar-refractivity contribution in [3.8, 4) is 0 Å². The molecule has 1 saturated heterocycles. The van der Waals surface area contributed by atoms with Gasteiger partial charge in [-0.2, -0.15) is 5.10 Å².